The normalized spacial score (nSPS) is 11.6. The summed E-state index contributed by atoms with van der Waals surface area (Å²) >= 11 is 16.2. The summed E-state index contributed by atoms with van der Waals surface area (Å²) in [5.41, 5.74) is -2.08. The Hall–Kier alpha value is -0.650. The first-order chi connectivity index (χ1) is 7.16. The standard InChI is InChI=1S/C8H2Cl3F3O2/c9-4-2(7(15)16)1-3(8(12,13)14)5(10)6(4)11/h1H,(H,15,16). The Balaban J connectivity index is 3.61. The molecule has 0 aliphatic heterocycles. The number of aromatic carboxylic acids is 1. The maximum atomic E-state index is 12.4. The smallest absolute Gasteiger partial charge is 0.417 e. The quantitative estimate of drug-likeness (QED) is 0.781. The Kier molecular flexibility index (Phi) is 3.62. The maximum absolute atomic E-state index is 12.4. The van der Waals surface area contributed by atoms with Gasteiger partial charge in [-0.1, -0.05) is 34.8 Å². The molecule has 0 spiro atoms. The minimum atomic E-state index is -4.80. The van der Waals surface area contributed by atoms with Crippen LogP contribution >= 0.6 is 34.8 Å². The largest absolute Gasteiger partial charge is 0.478 e. The maximum Gasteiger partial charge on any atom is 0.417 e. The van der Waals surface area contributed by atoms with Crippen molar-refractivity contribution in [2.45, 2.75) is 6.18 Å². The third-order valence-electron chi connectivity index (χ3n) is 1.68. The van der Waals surface area contributed by atoms with Gasteiger partial charge in [0.1, 0.15) is 0 Å². The van der Waals surface area contributed by atoms with Crippen molar-refractivity contribution in [2.75, 3.05) is 0 Å². The lowest BCUT2D eigenvalue weighted by Crippen LogP contribution is -2.09. The van der Waals surface area contributed by atoms with Gasteiger partial charge in [-0.3, -0.25) is 0 Å². The van der Waals surface area contributed by atoms with Crippen LogP contribution < -0.4 is 0 Å². The molecule has 0 aliphatic carbocycles. The van der Waals surface area contributed by atoms with Gasteiger partial charge in [-0.25, -0.2) is 4.79 Å². The van der Waals surface area contributed by atoms with Crippen molar-refractivity contribution in [3.8, 4) is 0 Å². The summed E-state index contributed by atoms with van der Waals surface area (Å²) < 4.78 is 37.3. The molecule has 0 aliphatic rings. The Morgan fingerprint density at radius 3 is 2.00 bits per heavy atom. The van der Waals surface area contributed by atoms with Crippen molar-refractivity contribution in [2.24, 2.45) is 0 Å². The summed E-state index contributed by atoms with van der Waals surface area (Å²) in [5.74, 6) is -1.62. The molecule has 0 unspecified atom stereocenters. The fourth-order valence-electron chi connectivity index (χ4n) is 0.966. The molecule has 1 rings (SSSR count). The predicted octanol–water partition coefficient (Wildman–Crippen LogP) is 4.36. The van der Waals surface area contributed by atoms with Crippen molar-refractivity contribution in [3.05, 3.63) is 32.3 Å². The summed E-state index contributed by atoms with van der Waals surface area (Å²) in [7, 11) is 0. The third kappa shape index (κ3) is 2.36. The number of alkyl halides is 3. The van der Waals surface area contributed by atoms with Crippen molar-refractivity contribution >= 4 is 40.8 Å². The monoisotopic (exact) mass is 292 g/mol. The molecule has 88 valence electrons. The van der Waals surface area contributed by atoms with E-state index in [2.05, 4.69) is 0 Å². The highest BCUT2D eigenvalue weighted by Gasteiger charge is 2.36. The van der Waals surface area contributed by atoms with Crippen molar-refractivity contribution in [1.29, 1.82) is 0 Å². The van der Waals surface area contributed by atoms with Crippen LogP contribution in [0.4, 0.5) is 13.2 Å². The van der Waals surface area contributed by atoms with Gasteiger partial charge in [0, 0.05) is 0 Å². The summed E-state index contributed by atoms with van der Waals surface area (Å²) in [6, 6.07) is 0.346. The highest BCUT2D eigenvalue weighted by Crippen LogP contribution is 2.42. The molecule has 0 heterocycles. The lowest BCUT2D eigenvalue weighted by molar-refractivity contribution is -0.137. The van der Waals surface area contributed by atoms with Crippen LogP contribution in [0.3, 0.4) is 0 Å². The molecule has 2 nitrogen and oxygen atoms in total. The summed E-state index contributed by atoms with van der Waals surface area (Å²) in [4.78, 5) is 10.6. The lowest BCUT2D eigenvalue weighted by atomic mass is 10.1. The Morgan fingerprint density at radius 1 is 1.12 bits per heavy atom. The van der Waals surface area contributed by atoms with Crippen LogP contribution in [0.2, 0.25) is 15.1 Å². The fourth-order valence-corrected chi connectivity index (χ4v) is 1.70. The molecule has 0 saturated carbocycles. The zero-order valence-electron chi connectivity index (χ0n) is 7.20. The van der Waals surface area contributed by atoms with E-state index in [-0.39, 0.29) is 0 Å². The SMILES string of the molecule is O=C(O)c1cc(C(F)(F)F)c(Cl)c(Cl)c1Cl. The second-order valence-corrected chi connectivity index (χ2v) is 3.85. The van der Waals surface area contributed by atoms with Crippen molar-refractivity contribution in [3.63, 3.8) is 0 Å². The summed E-state index contributed by atoms with van der Waals surface area (Å²) in [5, 5.41) is 6.65. The van der Waals surface area contributed by atoms with E-state index in [1.165, 1.54) is 0 Å². The zero-order valence-corrected chi connectivity index (χ0v) is 9.47. The molecule has 8 heteroatoms. The molecule has 1 aromatic carbocycles. The molecule has 1 aromatic rings. The summed E-state index contributed by atoms with van der Waals surface area (Å²) in [6.07, 6.45) is -4.80. The van der Waals surface area contributed by atoms with Gasteiger partial charge in [-0.05, 0) is 6.07 Å². The van der Waals surface area contributed by atoms with Gasteiger partial charge < -0.3 is 5.11 Å². The van der Waals surface area contributed by atoms with E-state index in [4.69, 9.17) is 39.9 Å². The first-order valence-corrected chi connectivity index (χ1v) is 4.77. The van der Waals surface area contributed by atoms with Crippen LogP contribution in [0.15, 0.2) is 6.07 Å². The van der Waals surface area contributed by atoms with Gasteiger partial charge in [0.15, 0.2) is 0 Å². The van der Waals surface area contributed by atoms with Crippen LogP contribution in [0.1, 0.15) is 15.9 Å². The van der Waals surface area contributed by atoms with Crippen LogP contribution in [0, 0.1) is 0 Å². The van der Waals surface area contributed by atoms with E-state index in [0.29, 0.717) is 6.07 Å². The van der Waals surface area contributed by atoms with Crippen LogP contribution in [-0.2, 0) is 6.18 Å². The van der Waals surface area contributed by atoms with Gasteiger partial charge in [-0.2, -0.15) is 13.2 Å². The number of carboxylic acid groups (broad SMARTS) is 1. The highest BCUT2D eigenvalue weighted by molar-refractivity contribution is 6.49. The number of carbonyl (C=O) groups is 1. The highest BCUT2D eigenvalue weighted by atomic mass is 35.5. The topological polar surface area (TPSA) is 37.3 Å². The molecule has 0 amide bonds. The van der Waals surface area contributed by atoms with Crippen molar-refractivity contribution in [1.82, 2.24) is 0 Å². The molecule has 0 atom stereocenters. The molecular weight excluding hydrogens is 291 g/mol. The molecule has 16 heavy (non-hydrogen) atoms. The van der Waals surface area contributed by atoms with E-state index in [1.54, 1.807) is 0 Å². The fraction of sp³-hybridized carbons (Fsp3) is 0.125. The van der Waals surface area contributed by atoms with E-state index in [1.807, 2.05) is 0 Å². The molecule has 0 saturated heterocycles. The van der Waals surface area contributed by atoms with Gasteiger partial charge in [0.05, 0.1) is 26.2 Å². The number of hydrogen-bond acceptors (Lipinski definition) is 1. The average Bonchev–Trinajstić information content (AvgIpc) is 2.11. The first kappa shape index (κ1) is 13.4. The van der Waals surface area contributed by atoms with E-state index >= 15 is 0 Å². The van der Waals surface area contributed by atoms with Crippen LogP contribution in [0.25, 0.3) is 0 Å². The minimum Gasteiger partial charge on any atom is -0.478 e. The second-order valence-electron chi connectivity index (χ2n) is 2.72. The Morgan fingerprint density at radius 2 is 1.62 bits per heavy atom. The average molecular weight is 293 g/mol. The van der Waals surface area contributed by atoms with Crippen LogP contribution in [0.5, 0.6) is 0 Å². The lowest BCUT2D eigenvalue weighted by Gasteiger charge is -2.12. The number of rotatable bonds is 1. The number of hydrogen-bond donors (Lipinski definition) is 1. The number of benzene rings is 1. The second kappa shape index (κ2) is 4.31. The Labute approximate surface area is 103 Å². The van der Waals surface area contributed by atoms with Gasteiger partial charge >= 0.3 is 12.1 Å². The predicted molar refractivity (Wildman–Crippen MR) is 53.4 cm³/mol. The van der Waals surface area contributed by atoms with Gasteiger partial charge in [0.25, 0.3) is 0 Å². The molecule has 0 aromatic heterocycles. The van der Waals surface area contributed by atoms with Gasteiger partial charge in [0.2, 0.25) is 0 Å². The molecule has 0 radical (unpaired) electrons. The van der Waals surface area contributed by atoms with Gasteiger partial charge in [-0.15, -0.1) is 0 Å². The number of halogens is 6. The third-order valence-corrected chi connectivity index (χ3v) is 3.04. The van der Waals surface area contributed by atoms with E-state index in [9.17, 15) is 18.0 Å². The van der Waals surface area contributed by atoms with Crippen LogP contribution in [-0.4, -0.2) is 11.1 Å². The minimum absolute atomic E-state index is 0.346. The first-order valence-electron chi connectivity index (χ1n) is 3.64. The Bertz CT molecular complexity index is 457. The van der Waals surface area contributed by atoms with E-state index < -0.39 is 38.3 Å². The molecular formula is C8H2Cl3F3O2. The molecule has 1 N–H and O–H groups in total. The van der Waals surface area contributed by atoms with Crippen molar-refractivity contribution < 1.29 is 23.1 Å². The number of carboxylic acids is 1. The van der Waals surface area contributed by atoms with E-state index in [0.717, 1.165) is 0 Å². The summed E-state index contributed by atoms with van der Waals surface area (Å²) in [6.45, 7) is 0. The zero-order chi connectivity index (χ0) is 12.7. The molecule has 0 bridgehead atoms. The molecule has 0 fully saturated rings.